The number of rotatable bonds is 2. The molecule has 0 aromatic carbocycles. The molecule has 0 amide bonds. The van der Waals surface area contributed by atoms with E-state index in [9.17, 15) is 4.79 Å². The Bertz CT molecular complexity index is 235. The van der Waals surface area contributed by atoms with E-state index < -0.39 is 11.5 Å². The Kier molecular flexibility index (Phi) is 2.52. The Morgan fingerprint density at radius 2 is 2.00 bits per heavy atom. The van der Waals surface area contributed by atoms with Gasteiger partial charge in [-0.25, -0.2) is 0 Å². The van der Waals surface area contributed by atoms with Gasteiger partial charge < -0.3 is 10.4 Å². The van der Waals surface area contributed by atoms with Crippen molar-refractivity contribution in [2.24, 2.45) is 11.8 Å². The van der Waals surface area contributed by atoms with Crippen molar-refractivity contribution in [2.75, 3.05) is 6.54 Å². The molecule has 0 radical (unpaired) electrons. The Morgan fingerprint density at radius 3 is 2.50 bits per heavy atom. The van der Waals surface area contributed by atoms with Crippen LogP contribution in [0.3, 0.4) is 0 Å². The second-order valence-electron chi connectivity index (χ2n) is 5.03. The zero-order valence-electron chi connectivity index (χ0n) is 8.75. The van der Waals surface area contributed by atoms with E-state index in [1.807, 2.05) is 6.92 Å². The summed E-state index contributed by atoms with van der Waals surface area (Å²) in [4.78, 5) is 11.0. The maximum Gasteiger partial charge on any atom is 0.323 e. The molecule has 0 spiro atoms. The highest BCUT2D eigenvalue weighted by atomic mass is 16.4. The Labute approximate surface area is 84.9 Å². The molecule has 1 aliphatic carbocycles. The van der Waals surface area contributed by atoms with Crippen molar-refractivity contribution in [3.8, 4) is 0 Å². The largest absolute Gasteiger partial charge is 0.480 e. The number of carboxylic acid groups (broad SMARTS) is 1. The third-order valence-electron chi connectivity index (χ3n) is 3.96. The number of nitrogens with one attached hydrogen (secondary N) is 1. The zero-order valence-corrected chi connectivity index (χ0v) is 8.75. The first kappa shape index (κ1) is 9.97. The van der Waals surface area contributed by atoms with Crippen LogP contribution in [0.15, 0.2) is 0 Å². The zero-order chi connectivity index (χ0) is 10.2. The molecule has 0 aromatic rings. The molecular weight excluding hydrogens is 178 g/mol. The molecule has 2 N–H and O–H groups in total. The van der Waals surface area contributed by atoms with Crippen LogP contribution in [0.25, 0.3) is 0 Å². The van der Waals surface area contributed by atoms with Gasteiger partial charge in [0.1, 0.15) is 5.54 Å². The predicted molar refractivity (Wildman–Crippen MR) is 54.1 cm³/mol. The summed E-state index contributed by atoms with van der Waals surface area (Å²) in [5.41, 5.74) is -0.659. The van der Waals surface area contributed by atoms with Crippen LogP contribution in [-0.2, 0) is 4.79 Å². The van der Waals surface area contributed by atoms with Crippen LogP contribution >= 0.6 is 0 Å². The third kappa shape index (κ3) is 1.65. The number of carbonyl (C=O) groups is 1. The molecule has 14 heavy (non-hydrogen) atoms. The van der Waals surface area contributed by atoms with Crippen LogP contribution in [0.5, 0.6) is 0 Å². The third-order valence-corrected chi connectivity index (χ3v) is 3.96. The van der Waals surface area contributed by atoms with Crippen LogP contribution in [0, 0.1) is 11.8 Å². The van der Waals surface area contributed by atoms with Crippen molar-refractivity contribution in [3.63, 3.8) is 0 Å². The first-order chi connectivity index (χ1) is 6.62. The van der Waals surface area contributed by atoms with Gasteiger partial charge in [0.15, 0.2) is 0 Å². The molecular formula is C11H19NO2. The van der Waals surface area contributed by atoms with Gasteiger partial charge in [0.2, 0.25) is 0 Å². The molecule has 80 valence electrons. The number of hydrogen-bond acceptors (Lipinski definition) is 2. The van der Waals surface area contributed by atoms with E-state index in [2.05, 4.69) is 5.32 Å². The van der Waals surface area contributed by atoms with Gasteiger partial charge in [-0.05, 0) is 31.7 Å². The highest BCUT2D eigenvalue weighted by Crippen LogP contribution is 2.38. The van der Waals surface area contributed by atoms with Gasteiger partial charge in [-0.2, -0.15) is 0 Å². The van der Waals surface area contributed by atoms with E-state index in [0.717, 1.165) is 18.9 Å². The molecule has 0 bridgehead atoms. The van der Waals surface area contributed by atoms with E-state index in [-0.39, 0.29) is 0 Å². The van der Waals surface area contributed by atoms with Gasteiger partial charge in [-0.3, -0.25) is 4.79 Å². The molecule has 1 saturated heterocycles. The van der Waals surface area contributed by atoms with E-state index in [1.54, 1.807) is 0 Å². The van der Waals surface area contributed by atoms with E-state index in [4.69, 9.17) is 5.11 Å². The maximum absolute atomic E-state index is 11.0. The molecule has 2 aliphatic rings. The summed E-state index contributed by atoms with van der Waals surface area (Å²) in [7, 11) is 0. The minimum atomic E-state index is -0.696. The summed E-state index contributed by atoms with van der Waals surface area (Å²) in [6.45, 7) is 2.71. The molecule has 3 heteroatoms. The van der Waals surface area contributed by atoms with Crippen LogP contribution in [0.2, 0.25) is 0 Å². The maximum atomic E-state index is 11.0. The Morgan fingerprint density at radius 1 is 1.36 bits per heavy atom. The molecule has 1 saturated carbocycles. The van der Waals surface area contributed by atoms with Crippen molar-refractivity contribution in [3.05, 3.63) is 0 Å². The fourth-order valence-corrected chi connectivity index (χ4v) is 2.95. The van der Waals surface area contributed by atoms with Gasteiger partial charge in [0.25, 0.3) is 0 Å². The fraction of sp³-hybridized carbons (Fsp3) is 0.909. The normalized spacial score (nSPS) is 39.1. The van der Waals surface area contributed by atoms with Crippen LogP contribution in [0.1, 0.15) is 39.0 Å². The molecule has 1 aliphatic heterocycles. The molecule has 2 rings (SSSR count). The van der Waals surface area contributed by atoms with Crippen LogP contribution in [0.4, 0.5) is 0 Å². The average molecular weight is 197 g/mol. The summed E-state index contributed by atoms with van der Waals surface area (Å²) < 4.78 is 0. The SMILES string of the molecule is CC1(C(=O)O)CC(C2CCCC2)CN1. The second-order valence-corrected chi connectivity index (χ2v) is 5.03. The lowest BCUT2D eigenvalue weighted by molar-refractivity contribution is -0.143. The lowest BCUT2D eigenvalue weighted by Crippen LogP contribution is -2.44. The van der Waals surface area contributed by atoms with Gasteiger partial charge in [-0.1, -0.05) is 25.7 Å². The number of carboxylic acids is 1. The molecule has 2 unspecified atom stereocenters. The lowest BCUT2D eigenvalue weighted by atomic mass is 9.85. The highest BCUT2D eigenvalue weighted by molar-refractivity contribution is 5.78. The van der Waals surface area contributed by atoms with E-state index in [0.29, 0.717) is 5.92 Å². The lowest BCUT2D eigenvalue weighted by Gasteiger charge is -2.20. The summed E-state index contributed by atoms with van der Waals surface area (Å²) in [5.74, 6) is 0.681. The summed E-state index contributed by atoms with van der Waals surface area (Å²) in [6, 6.07) is 0. The quantitative estimate of drug-likeness (QED) is 0.707. The van der Waals surface area contributed by atoms with Crippen molar-refractivity contribution < 1.29 is 9.90 Å². The van der Waals surface area contributed by atoms with Gasteiger partial charge in [-0.15, -0.1) is 0 Å². The number of aliphatic carboxylic acids is 1. The van der Waals surface area contributed by atoms with Gasteiger partial charge in [0, 0.05) is 0 Å². The smallest absolute Gasteiger partial charge is 0.323 e. The summed E-state index contributed by atoms with van der Waals surface area (Å²) in [6.07, 6.45) is 6.10. The van der Waals surface area contributed by atoms with E-state index >= 15 is 0 Å². The molecule has 1 heterocycles. The molecule has 0 aromatic heterocycles. The number of hydrogen-bond donors (Lipinski definition) is 2. The molecule has 2 atom stereocenters. The highest BCUT2D eigenvalue weighted by Gasteiger charge is 2.43. The van der Waals surface area contributed by atoms with Crippen molar-refractivity contribution >= 4 is 5.97 Å². The predicted octanol–water partition coefficient (Wildman–Crippen LogP) is 1.63. The molecule has 2 fully saturated rings. The fourth-order valence-electron chi connectivity index (χ4n) is 2.95. The first-order valence-electron chi connectivity index (χ1n) is 5.60. The van der Waals surface area contributed by atoms with Gasteiger partial charge in [0.05, 0.1) is 0 Å². The summed E-state index contributed by atoms with van der Waals surface area (Å²) >= 11 is 0. The molecule has 3 nitrogen and oxygen atoms in total. The minimum Gasteiger partial charge on any atom is -0.480 e. The monoisotopic (exact) mass is 197 g/mol. The topological polar surface area (TPSA) is 49.3 Å². The minimum absolute atomic E-state index is 0.596. The van der Waals surface area contributed by atoms with Gasteiger partial charge >= 0.3 is 5.97 Å². The van der Waals surface area contributed by atoms with Crippen LogP contribution < -0.4 is 5.32 Å². The summed E-state index contributed by atoms with van der Waals surface area (Å²) in [5, 5.41) is 12.2. The van der Waals surface area contributed by atoms with Crippen molar-refractivity contribution in [2.45, 2.75) is 44.6 Å². The average Bonchev–Trinajstić information content (AvgIpc) is 2.72. The standard InChI is InChI=1S/C11H19NO2/c1-11(10(13)14)6-9(7-12-11)8-4-2-3-5-8/h8-9,12H,2-7H2,1H3,(H,13,14). The van der Waals surface area contributed by atoms with Crippen molar-refractivity contribution in [1.29, 1.82) is 0 Å². The second kappa shape index (κ2) is 3.54. The first-order valence-corrected chi connectivity index (χ1v) is 5.60. The van der Waals surface area contributed by atoms with Crippen LogP contribution in [-0.4, -0.2) is 23.2 Å². The van der Waals surface area contributed by atoms with Crippen molar-refractivity contribution in [1.82, 2.24) is 5.32 Å². The Hall–Kier alpha value is -0.570. The Balaban J connectivity index is 1.96. The van der Waals surface area contributed by atoms with E-state index in [1.165, 1.54) is 25.7 Å².